The molecule has 20 heavy (non-hydrogen) atoms. The van der Waals surface area contributed by atoms with Crippen molar-refractivity contribution in [2.75, 3.05) is 13.1 Å². The van der Waals surface area contributed by atoms with Gasteiger partial charge in [-0.25, -0.2) is 0 Å². The molecule has 2 atom stereocenters. The van der Waals surface area contributed by atoms with E-state index in [0.717, 1.165) is 31.1 Å². The van der Waals surface area contributed by atoms with Gasteiger partial charge in [-0.1, -0.05) is 31.2 Å². The molecule has 2 aromatic rings. The number of rotatable bonds is 3. The number of aromatic nitrogens is 1. The smallest absolute Gasteiger partial charge is 0.0746 e. The highest BCUT2D eigenvalue weighted by Crippen LogP contribution is 2.25. The molecule has 1 saturated heterocycles. The summed E-state index contributed by atoms with van der Waals surface area (Å²) in [5, 5.41) is 1.22. The maximum atomic E-state index is 5.96. The van der Waals surface area contributed by atoms with E-state index in [9.17, 15) is 0 Å². The summed E-state index contributed by atoms with van der Waals surface area (Å²) in [6.45, 7) is 5.19. The molecule has 106 valence electrons. The molecular weight excluding hydrogens is 246 g/mol. The lowest BCUT2D eigenvalue weighted by Gasteiger charge is -2.38. The highest BCUT2D eigenvalue weighted by Gasteiger charge is 2.25. The van der Waals surface area contributed by atoms with Gasteiger partial charge in [0.1, 0.15) is 0 Å². The summed E-state index contributed by atoms with van der Waals surface area (Å²) in [4.78, 5) is 7.09. The van der Waals surface area contributed by atoms with Crippen molar-refractivity contribution in [2.24, 2.45) is 11.7 Å². The molecule has 3 heteroatoms. The zero-order chi connectivity index (χ0) is 13.9. The van der Waals surface area contributed by atoms with Crippen LogP contribution in [0.5, 0.6) is 0 Å². The van der Waals surface area contributed by atoms with Crippen LogP contribution < -0.4 is 5.73 Å². The number of para-hydroxylation sites is 1. The summed E-state index contributed by atoms with van der Waals surface area (Å²) < 4.78 is 0. The number of fused-ring (bicyclic) bond motifs is 1. The third kappa shape index (κ3) is 2.69. The number of pyridine rings is 1. The van der Waals surface area contributed by atoms with Gasteiger partial charge >= 0.3 is 0 Å². The molecule has 0 bridgehead atoms. The quantitative estimate of drug-likeness (QED) is 0.931. The minimum atomic E-state index is 0.512. The van der Waals surface area contributed by atoms with Crippen molar-refractivity contribution in [3.05, 3.63) is 42.1 Å². The first-order valence-electron chi connectivity index (χ1n) is 7.54. The van der Waals surface area contributed by atoms with Crippen LogP contribution in [0.4, 0.5) is 0 Å². The van der Waals surface area contributed by atoms with E-state index in [1.807, 2.05) is 12.3 Å². The van der Waals surface area contributed by atoms with E-state index in [2.05, 4.69) is 41.1 Å². The van der Waals surface area contributed by atoms with Crippen LogP contribution in [0.2, 0.25) is 0 Å². The van der Waals surface area contributed by atoms with E-state index in [1.54, 1.807) is 0 Å². The Kier molecular flexibility index (Phi) is 3.99. The molecule has 1 aliphatic heterocycles. The highest BCUT2D eigenvalue weighted by atomic mass is 15.2. The van der Waals surface area contributed by atoms with Gasteiger partial charge in [-0.15, -0.1) is 0 Å². The summed E-state index contributed by atoms with van der Waals surface area (Å²) in [6.07, 6.45) is 4.37. The number of nitrogens with zero attached hydrogens (tertiary/aromatic N) is 2. The van der Waals surface area contributed by atoms with Crippen LogP contribution in [0.25, 0.3) is 10.9 Å². The molecule has 0 radical (unpaired) electrons. The van der Waals surface area contributed by atoms with Crippen LogP contribution in [-0.4, -0.2) is 29.0 Å². The lowest BCUT2D eigenvalue weighted by atomic mass is 9.92. The van der Waals surface area contributed by atoms with Crippen LogP contribution in [0, 0.1) is 5.92 Å². The van der Waals surface area contributed by atoms with Crippen LogP contribution in [0.1, 0.15) is 25.3 Å². The molecule has 1 fully saturated rings. The second kappa shape index (κ2) is 5.90. The average Bonchev–Trinajstić information content (AvgIpc) is 2.49. The molecule has 0 saturated carbocycles. The van der Waals surface area contributed by atoms with Crippen molar-refractivity contribution < 1.29 is 0 Å². The topological polar surface area (TPSA) is 42.2 Å². The third-order valence-corrected chi connectivity index (χ3v) is 4.46. The molecule has 2 unspecified atom stereocenters. The molecule has 1 aromatic heterocycles. The lowest BCUT2D eigenvalue weighted by Crippen LogP contribution is -2.45. The fourth-order valence-electron chi connectivity index (χ4n) is 3.27. The van der Waals surface area contributed by atoms with E-state index in [-0.39, 0.29) is 0 Å². The lowest BCUT2D eigenvalue weighted by molar-refractivity contribution is 0.115. The fourth-order valence-corrected chi connectivity index (χ4v) is 3.27. The highest BCUT2D eigenvalue weighted by molar-refractivity contribution is 5.81. The first kappa shape index (κ1) is 13.5. The first-order valence-corrected chi connectivity index (χ1v) is 7.54. The molecule has 0 aliphatic carbocycles. The van der Waals surface area contributed by atoms with Crippen molar-refractivity contribution in [3.8, 4) is 0 Å². The molecule has 0 spiro atoms. The van der Waals surface area contributed by atoms with Gasteiger partial charge in [-0.2, -0.15) is 0 Å². The summed E-state index contributed by atoms with van der Waals surface area (Å²) in [6, 6.07) is 11.1. The van der Waals surface area contributed by atoms with Gasteiger partial charge in [0.2, 0.25) is 0 Å². The monoisotopic (exact) mass is 269 g/mol. The Morgan fingerprint density at radius 2 is 2.15 bits per heavy atom. The van der Waals surface area contributed by atoms with E-state index < -0.39 is 0 Å². The van der Waals surface area contributed by atoms with Crippen LogP contribution in [-0.2, 0) is 6.54 Å². The number of hydrogen-bond acceptors (Lipinski definition) is 3. The Hall–Kier alpha value is -1.45. The standard InChI is InChI=1S/C17H23N3/c1-13-7-9-20(16(10-13)11-18)12-15-5-2-4-14-6-3-8-19-17(14)15/h2-6,8,13,16H,7,9-12,18H2,1H3. The van der Waals surface area contributed by atoms with Crippen LogP contribution in [0.15, 0.2) is 36.5 Å². The molecule has 3 rings (SSSR count). The van der Waals surface area contributed by atoms with Gasteiger partial charge in [-0.05, 0) is 36.9 Å². The Morgan fingerprint density at radius 3 is 3.00 bits per heavy atom. The molecule has 3 nitrogen and oxygen atoms in total. The second-order valence-electron chi connectivity index (χ2n) is 5.98. The molecule has 2 N–H and O–H groups in total. The summed E-state index contributed by atoms with van der Waals surface area (Å²) >= 11 is 0. The first-order chi connectivity index (χ1) is 9.78. The molecule has 2 heterocycles. The fraction of sp³-hybridized carbons (Fsp3) is 0.471. The Labute approximate surface area is 120 Å². The van der Waals surface area contributed by atoms with Gasteiger partial charge in [0, 0.05) is 30.7 Å². The van der Waals surface area contributed by atoms with Crippen LogP contribution in [0.3, 0.4) is 0 Å². The predicted octanol–water partition coefficient (Wildman–Crippen LogP) is 2.79. The molecular formula is C17H23N3. The Morgan fingerprint density at radius 1 is 1.30 bits per heavy atom. The SMILES string of the molecule is CC1CCN(Cc2cccc3cccnc23)C(CN)C1. The van der Waals surface area contributed by atoms with Crippen molar-refractivity contribution in [1.29, 1.82) is 0 Å². The number of benzene rings is 1. The maximum absolute atomic E-state index is 5.96. The van der Waals surface area contributed by atoms with Crippen molar-refractivity contribution >= 4 is 10.9 Å². The minimum Gasteiger partial charge on any atom is -0.329 e. The summed E-state index contributed by atoms with van der Waals surface area (Å²) in [5.41, 5.74) is 8.41. The zero-order valence-corrected chi connectivity index (χ0v) is 12.1. The number of piperidine rings is 1. The largest absolute Gasteiger partial charge is 0.329 e. The number of nitrogens with two attached hydrogens (primary N) is 1. The molecule has 1 aliphatic rings. The van der Waals surface area contributed by atoms with E-state index in [4.69, 9.17) is 5.73 Å². The number of hydrogen-bond donors (Lipinski definition) is 1. The maximum Gasteiger partial charge on any atom is 0.0746 e. The van der Waals surface area contributed by atoms with E-state index in [1.165, 1.54) is 23.8 Å². The van der Waals surface area contributed by atoms with Gasteiger partial charge < -0.3 is 5.73 Å². The van der Waals surface area contributed by atoms with Crippen molar-refractivity contribution in [1.82, 2.24) is 9.88 Å². The van der Waals surface area contributed by atoms with E-state index in [0.29, 0.717) is 6.04 Å². The number of likely N-dealkylation sites (tertiary alicyclic amines) is 1. The minimum absolute atomic E-state index is 0.512. The predicted molar refractivity (Wildman–Crippen MR) is 83.4 cm³/mol. The molecule has 1 aromatic carbocycles. The van der Waals surface area contributed by atoms with Gasteiger partial charge in [0.05, 0.1) is 5.52 Å². The second-order valence-corrected chi connectivity index (χ2v) is 5.98. The third-order valence-electron chi connectivity index (χ3n) is 4.46. The Bertz CT molecular complexity index is 576. The molecule has 0 amide bonds. The van der Waals surface area contributed by atoms with Crippen molar-refractivity contribution in [2.45, 2.75) is 32.4 Å². The normalized spacial score (nSPS) is 24.1. The average molecular weight is 269 g/mol. The Balaban J connectivity index is 1.85. The van der Waals surface area contributed by atoms with Crippen LogP contribution >= 0.6 is 0 Å². The zero-order valence-electron chi connectivity index (χ0n) is 12.1. The van der Waals surface area contributed by atoms with Gasteiger partial charge in [0.25, 0.3) is 0 Å². The van der Waals surface area contributed by atoms with Crippen molar-refractivity contribution in [3.63, 3.8) is 0 Å². The van der Waals surface area contributed by atoms with Gasteiger partial charge in [0.15, 0.2) is 0 Å². The van der Waals surface area contributed by atoms with Gasteiger partial charge in [-0.3, -0.25) is 9.88 Å². The summed E-state index contributed by atoms with van der Waals surface area (Å²) in [7, 11) is 0. The van der Waals surface area contributed by atoms with E-state index >= 15 is 0 Å². The summed E-state index contributed by atoms with van der Waals surface area (Å²) in [5.74, 6) is 0.797.